The Kier molecular flexibility index (Phi) is 8.25. The van der Waals surface area contributed by atoms with Crippen molar-refractivity contribution in [3.05, 3.63) is 36.2 Å². The zero-order chi connectivity index (χ0) is 20.9. The van der Waals surface area contributed by atoms with Crippen LogP contribution >= 0.6 is 23.7 Å². The van der Waals surface area contributed by atoms with Gasteiger partial charge in [0, 0.05) is 38.9 Å². The summed E-state index contributed by atoms with van der Waals surface area (Å²) in [5.41, 5.74) is 1.31. The zero-order valence-corrected chi connectivity index (χ0v) is 19.5. The number of anilines is 1. The Labute approximate surface area is 192 Å². The fraction of sp³-hybridized carbons (Fsp3) is 0.476. The van der Waals surface area contributed by atoms with E-state index in [1.54, 1.807) is 22.8 Å². The van der Waals surface area contributed by atoms with E-state index in [-0.39, 0.29) is 18.3 Å². The molecule has 1 amide bonds. The predicted octanol–water partition coefficient (Wildman–Crippen LogP) is 3.31. The number of rotatable bonds is 8. The lowest BCUT2D eigenvalue weighted by Crippen LogP contribution is -2.39. The van der Waals surface area contributed by atoms with Gasteiger partial charge in [-0.25, -0.2) is 4.98 Å². The molecule has 0 unspecified atom stereocenters. The Bertz CT molecular complexity index is 1000. The van der Waals surface area contributed by atoms with Gasteiger partial charge in [-0.2, -0.15) is 5.10 Å². The summed E-state index contributed by atoms with van der Waals surface area (Å²) in [5.74, 6) is 0.666. The van der Waals surface area contributed by atoms with Gasteiger partial charge in [-0.1, -0.05) is 11.3 Å². The molecule has 31 heavy (non-hydrogen) atoms. The number of ether oxygens (including phenoxy) is 2. The summed E-state index contributed by atoms with van der Waals surface area (Å²) < 4.78 is 13.5. The lowest BCUT2D eigenvalue weighted by molar-refractivity contribution is 0.0376. The van der Waals surface area contributed by atoms with Crippen LogP contribution < -0.4 is 9.64 Å². The van der Waals surface area contributed by atoms with E-state index in [2.05, 4.69) is 10.00 Å². The van der Waals surface area contributed by atoms with Crippen molar-refractivity contribution >= 4 is 45.0 Å². The van der Waals surface area contributed by atoms with Crippen molar-refractivity contribution < 1.29 is 14.3 Å². The number of nitrogens with zero attached hydrogens (tertiary/aromatic N) is 5. The number of hydrogen-bond acceptors (Lipinski definition) is 7. The highest BCUT2D eigenvalue weighted by molar-refractivity contribution is 7.22. The van der Waals surface area contributed by atoms with E-state index >= 15 is 0 Å². The van der Waals surface area contributed by atoms with E-state index < -0.39 is 0 Å². The molecule has 10 heteroatoms. The van der Waals surface area contributed by atoms with E-state index in [0.717, 1.165) is 61.8 Å². The Morgan fingerprint density at radius 3 is 2.81 bits per heavy atom. The van der Waals surface area contributed by atoms with Gasteiger partial charge in [-0.3, -0.25) is 19.3 Å². The minimum Gasteiger partial charge on any atom is -0.497 e. The number of methoxy groups -OCH3 is 1. The normalized spacial score (nSPS) is 14.4. The zero-order valence-electron chi connectivity index (χ0n) is 17.8. The molecule has 1 aliphatic heterocycles. The average molecular weight is 466 g/mol. The van der Waals surface area contributed by atoms with Crippen molar-refractivity contribution in [3.63, 3.8) is 0 Å². The first kappa shape index (κ1) is 23.5. The number of carbonyl (C=O) groups excluding carboxylic acids is 1. The van der Waals surface area contributed by atoms with E-state index in [9.17, 15) is 4.79 Å². The molecular weight excluding hydrogens is 438 g/mol. The fourth-order valence-electron chi connectivity index (χ4n) is 3.49. The second-order valence-corrected chi connectivity index (χ2v) is 8.16. The Hall–Kier alpha value is -2.20. The number of morpholine rings is 1. The number of aromatic nitrogens is 3. The highest BCUT2D eigenvalue weighted by atomic mass is 35.5. The summed E-state index contributed by atoms with van der Waals surface area (Å²) >= 11 is 1.50. The number of hydrogen-bond donors (Lipinski definition) is 0. The molecule has 0 N–H and O–H groups in total. The van der Waals surface area contributed by atoms with Crippen LogP contribution in [0.15, 0.2) is 30.5 Å². The molecule has 0 aliphatic carbocycles. The molecule has 168 valence electrons. The van der Waals surface area contributed by atoms with Crippen LogP contribution in [-0.2, 0) is 11.3 Å². The molecule has 0 bridgehead atoms. The van der Waals surface area contributed by atoms with E-state index in [4.69, 9.17) is 14.5 Å². The standard InChI is InChI=1S/C21H27N5O3S.ClH/c1-3-25-10-7-18(23-25)20(27)26(9-4-8-24-11-13-29-14-12-24)21-22-17-6-5-16(28-2)15-19(17)30-21;/h5-7,10,15H,3-4,8-9,11-14H2,1-2H3;1H. The van der Waals surface area contributed by atoms with Crippen LogP contribution in [0.5, 0.6) is 5.75 Å². The van der Waals surface area contributed by atoms with Crippen molar-refractivity contribution in [2.45, 2.75) is 19.9 Å². The maximum atomic E-state index is 13.3. The van der Waals surface area contributed by atoms with Gasteiger partial charge in [-0.15, -0.1) is 12.4 Å². The van der Waals surface area contributed by atoms with Gasteiger partial charge >= 0.3 is 0 Å². The van der Waals surface area contributed by atoms with Gasteiger partial charge in [0.05, 0.1) is 30.5 Å². The van der Waals surface area contributed by atoms with Crippen molar-refractivity contribution in [1.82, 2.24) is 19.7 Å². The second-order valence-electron chi connectivity index (χ2n) is 7.15. The van der Waals surface area contributed by atoms with E-state index in [0.29, 0.717) is 17.4 Å². The third kappa shape index (κ3) is 5.54. The summed E-state index contributed by atoms with van der Waals surface area (Å²) in [6, 6.07) is 7.55. The van der Waals surface area contributed by atoms with Crippen LogP contribution in [0.1, 0.15) is 23.8 Å². The van der Waals surface area contributed by atoms with Crippen LogP contribution in [-0.4, -0.2) is 72.1 Å². The fourth-order valence-corrected chi connectivity index (χ4v) is 4.51. The van der Waals surface area contributed by atoms with Gasteiger partial charge in [0.2, 0.25) is 0 Å². The van der Waals surface area contributed by atoms with E-state index in [1.807, 2.05) is 31.3 Å². The largest absolute Gasteiger partial charge is 0.497 e. The van der Waals surface area contributed by atoms with E-state index in [1.165, 1.54) is 11.3 Å². The van der Waals surface area contributed by atoms with Gasteiger partial charge in [0.1, 0.15) is 5.75 Å². The van der Waals surface area contributed by atoms with Crippen molar-refractivity contribution in [1.29, 1.82) is 0 Å². The molecule has 1 aromatic carbocycles. The maximum Gasteiger partial charge on any atom is 0.280 e. The molecule has 0 atom stereocenters. The molecule has 8 nitrogen and oxygen atoms in total. The summed E-state index contributed by atoms with van der Waals surface area (Å²) in [5, 5.41) is 5.10. The number of aryl methyl sites for hydroxylation is 1. The number of carbonyl (C=O) groups is 1. The molecule has 3 aromatic rings. The Morgan fingerprint density at radius 1 is 1.29 bits per heavy atom. The quantitative estimate of drug-likeness (QED) is 0.508. The minimum atomic E-state index is -0.116. The first-order valence-electron chi connectivity index (χ1n) is 10.3. The predicted molar refractivity (Wildman–Crippen MR) is 125 cm³/mol. The van der Waals surface area contributed by atoms with Crippen LogP contribution in [0.25, 0.3) is 10.2 Å². The third-order valence-electron chi connectivity index (χ3n) is 5.20. The van der Waals surface area contributed by atoms with Gasteiger partial charge < -0.3 is 9.47 Å². The topological polar surface area (TPSA) is 72.7 Å². The summed E-state index contributed by atoms with van der Waals surface area (Å²) in [6.07, 6.45) is 2.70. The lowest BCUT2D eigenvalue weighted by atomic mass is 10.3. The van der Waals surface area contributed by atoms with Crippen molar-refractivity contribution in [3.8, 4) is 5.75 Å². The molecular formula is C21H28ClN5O3S. The average Bonchev–Trinajstić information content (AvgIpc) is 3.43. The molecule has 2 aromatic heterocycles. The van der Waals surface area contributed by atoms with Crippen LogP contribution in [0.2, 0.25) is 0 Å². The molecule has 1 fully saturated rings. The molecule has 3 heterocycles. The third-order valence-corrected chi connectivity index (χ3v) is 6.25. The Balaban J connectivity index is 0.00000272. The van der Waals surface area contributed by atoms with Gasteiger partial charge in [-0.05, 0) is 37.6 Å². The molecule has 0 radical (unpaired) electrons. The molecule has 0 saturated carbocycles. The number of benzene rings is 1. The lowest BCUT2D eigenvalue weighted by Gasteiger charge is -2.27. The SMILES string of the molecule is CCn1ccc(C(=O)N(CCCN2CCOCC2)c2nc3ccc(OC)cc3s2)n1.Cl. The number of thiazole rings is 1. The van der Waals surface area contributed by atoms with Crippen LogP contribution in [0.3, 0.4) is 0 Å². The van der Waals surface area contributed by atoms with Crippen molar-refractivity contribution in [2.75, 3.05) is 51.4 Å². The maximum absolute atomic E-state index is 13.3. The summed E-state index contributed by atoms with van der Waals surface area (Å²) in [6.45, 7) is 7.67. The van der Waals surface area contributed by atoms with Gasteiger partial charge in [0.25, 0.3) is 5.91 Å². The second kappa shape index (κ2) is 10.9. The smallest absolute Gasteiger partial charge is 0.280 e. The highest BCUT2D eigenvalue weighted by Gasteiger charge is 2.23. The summed E-state index contributed by atoms with van der Waals surface area (Å²) in [7, 11) is 1.65. The number of amides is 1. The van der Waals surface area contributed by atoms with Gasteiger partial charge in [0.15, 0.2) is 10.8 Å². The number of fused-ring (bicyclic) bond motifs is 1. The Morgan fingerprint density at radius 2 is 2.10 bits per heavy atom. The number of halogens is 1. The molecule has 0 spiro atoms. The van der Waals surface area contributed by atoms with Crippen LogP contribution in [0.4, 0.5) is 5.13 Å². The highest BCUT2D eigenvalue weighted by Crippen LogP contribution is 2.32. The monoisotopic (exact) mass is 465 g/mol. The molecule has 1 saturated heterocycles. The van der Waals surface area contributed by atoms with Crippen LogP contribution in [0, 0.1) is 0 Å². The molecule has 4 rings (SSSR count). The summed E-state index contributed by atoms with van der Waals surface area (Å²) in [4.78, 5) is 22.2. The minimum absolute atomic E-state index is 0. The van der Waals surface area contributed by atoms with Crippen molar-refractivity contribution in [2.24, 2.45) is 0 Å². The molecule has 1 aliphatic rings. The first-order chi connectivity index (χ1) is 14.7. The first-order valence-corrected chi connectivity index (χ1v) is 11.1.